The SMILES string of the molecule is Cc1cn(C2O[C@H](CCP(=O)(Oc3ccccc3Cl)Oc3ccccc3Cl)[C@@H](O)[C@H]2F)c(=O)[nH]c1=O. The molecule has 3 aromatic rings. The Hall–Kier alpha value is -2.62. The predicted molar refractivity (Wildman–Crippen MR) is 132 cm³/mol. The number of aliphatic hydroxyl groups is 1. The maximum Gasteiger partial charge on any atom is 0.430 e. The molecule has 1 aliphatic rings. The van der Waals surface area contributed by atoms with Crippen LogP contribution in [0.25, 0.3) is 0 Å². The van der Waals surface area contributed by atoms with Crippen molar-refractivity contribution in [1.82, 2.24) is 9.55 Å². The van der Waals surface area contributed by atoms with E-state index in [9.17, 15) is 23.7 Å². The van der Waals surface area contributed by atoms with Crippen molar-refractivity contribution >= 4 is 30.8 Å². The number of H-pyrrole nitrogens is 1. The first kappa shape index (κ1) is 26.4. The van der Waals surface area contributed by atoms with Gasteiger partial charge in [0.05, 0.1) is 22.3 Å². The number of rotatable bonds is 8. The normalized spacial score (nSPS) is 21.9. The number of aromatic amines is 1. The Balaban J connectivity index is 1.57. The third-order valence-electron chi connectivity index (χ3n) is 5.55. The van der Waals surface area contributed by atoms with E-state index < -0.39 is 43.5 Å². The molecule has 36 heavy (non-hydrogen) atoms. The minimum Gasteiger partial charge on any atom is -0.414 e. The van der Waals surface area contributed by atoms with E-state index in [1.54, 1.807) is 36.4 Å². The Morgan fingerprint density at radius 3 is 2.19 bits per heavy atom. The molecular formula is C23H22Cl2FN2O7P. The lowest BCUT2D eigenvalue weighted by Gasteiger charge is -2.23. The fourth-order valence-corrected chi connectivity index (χ4v) is 5.84. The molecule has 2 heterocycles. The van der Waals surface area contributed by atoms with E-state index in [1.807, 2.05) is 0 Å². The highest BCUT2D eigenvalue weighted by atomic mass is 35.5. The first-order valence-electron chi connectivity index (χ1n) is 10.8. The summed E-state index contributed by atoms with van der Waals surface area (Å²) >= 11 is 12.3. The van der Waals surface area contributed by atoms with Crippen molar-refractivity contribution in [2.24, 2.45) is 0 Å². The number of ether oxygens (including phenoxy) is 1. The monoisotopic (exact) mass is 558 g/mol. The van der Waals surface area contributed by atoms with Crippen LogP contribution in [0.1, 0.15) is 18.2 Å². The number of hydrogen-bond acceptors (Lipinski definition) is 7. The smallest absolute Gasteiger partial charge is 0.414 e. The fourth-order valence-electron chi connectivity index (χ4n) is 3.67. The van der Waals surface area contributed by atoms with Crippen LogP contribution in [-0.4, -0.2) is 39.2 Å². The Kier molecular flexibility index (Phi) is 7.92. The molecule has 1 fully saturated rings. The molecule has 0 saturated carbocycles. The molecule has 4 atom stereocenters. The highest BCUT2D eigenvalue weighted by Gasteiger charge is 2.46. The van der Waals surface area contributed by atoms with Gasteiger partial charge in [0, 0.05) is 11.8 Å². The number of aryl methyl sites for hydroxylation is 1. The van der Waals surface area contributed by atoms with Crippen molar-refractivity contribution in [2.45, 2.75) is 38.0 Å². The van der Waals surface area contributed by atoms with Gasteiger partial charge in [-0.1, -0.05) is 47.5 Å². The third-order valence-corrected chi connectivity index (χ3v) is 7.93. The molecule has 0 aliphatic carbocycles. The van der Waals surface area contributed by atoms with Crippen LogP contribution in [0.15, 0.2) is 64.3 Å². The summed E-state index contributed by atoms with van der Waals surface area (Å²) in [7, 11) is -4.03. The lowest BCUT2D eigenvalue weighted by molar-refractivity contribution is -0.0281. The molecule has 0 spiro atoms. The summed E-state index contributed by atoms with van der Waals surface area (Å²) in [5.74, 6) is 0.193. The van der Waals surface area contributed by atoms with Crippen molar-refractivity contribution < 1.29 is 27.8 Å². The van der Waals surface area contributed by atoms with Gasteiger partial charge in [-0.15, -0.1) is 0 Å². The molecular weight excluding hydrogens is 537 g/mol. The largest absolute Gasteiger partial charge is 0.430 e. The molecule has 192 valence electrons. The number of aromatic nitrogens is 2. The Labute approximate surface area is 214 Å². The van der Waals surface area contributed by atoms with Gasteiger partial charge in [-0.05, 0) is 37.6 Å². The number of para-hydroxylation sites is 2. The number of halogens is 3. The molecule has 1 aliphatic heterocycles. The molecule has 4 rings (SSSR count). The van der Waals surface area contributed by atoms with Crippen molar-refractivity contribution in [1.29, 1.82) is 0 Å². The molecule has 9 nitrogen and oxygen atoms in total. The van der Waals surface area contributed by atoms with Crippen molar-refractivity contribution in [2.75, 3.05) is 6.16 Å². The third kappa shape index (κ3) is 5.68. The second-order valence-corrected chi connectivity index (χ2v) is 11.0. The first-order valence-corrected chi connectivity index (χ1v) is 13.3. The van der Waals surface area contributed by atoms with Crippen LogP contribution in [0.5, 0.6) is 11.5 Å². The Morgan fingerprint density at radius 2 is 1.64 bits per heavy atom. The van der Waals surface area contributed by atoms with E-state index in [0.29, 0.717) is 0 Å². The van der Waals surface area contributed by atoms with Gasteiger partial charge >= 0.3 is 13.3 Å². The second-order valence-electron chi connectivity index (χ2n) is 8.15. The van der Waals surface area contributed by atoms with Gasteiger partial charge in [-0.25, -0.2) is 13.8 Å². The summed E-state index contributed by atoms with van der Waals surface area (Å²) < 4.78 is 46.6. The summed E-state index contributed by atoms with van der Waals surface area (Å²) in [6.45, 7) is 1.44. The molecule has 2 aromatic carbocycles. The second kappa shape index (κ2) is 10.8. The zero-order chi connectivity index (χ0) is 26.0. The van der Waals surface area contributed by atoms with Crippen molar-refractivity contribution in [3.05, 3.63) is 91.2 Å². The number of hydrogen-bond donors (Lipinski definition) is 2. The maximum atomic E-state index is 15.0. The van der Waals surface area contributed by atoms with Crippen LogP contribution in [0.2, 0.25) is 10.0 Å². The molecule has 13 heteroatoms. The first-order chi connectivity index (χ1) is 17.1. The van der Waals surface area contributed by atoms with Crippen LogP contribution >= 0.6 is 30.8 Å². The zero-order valence-electron chi connectivity index (χ0n) is 18.8. The summed E-state index contributed by atoms with van der Waals surface area (Å²) in [5.41, 5.74) is -1.34. The number of aliphatic hydroxyl groups excluding tert-OH is 1. The average Bonchev–Trinajstić information content (AvgIpc) is 3.12. The minimum atomic E-state index is -4.03. The highest BCUT2D eigenvalue weighted by molar-refractivity contribution is 7.54. The number of alkyl halides is 1. The van der Waals surface area contributed by atoms with Crippen molar-refractivity contribution in [3.63, 3.8) is 0 Å². The average molecular weight is 559 g/mol. The lowest BCUT2D eigenvalue weighted by atomic mass is 10.1. The molecule has 2 N–H and O–H groups in total. The van der Waals surface area contributed by atoms with E-state index in [-0.39, 0.29) is 39.7 Å². The topological polar surface area (TPSA) is 120 Å². The van der Waals surface area contributed by atoms with Gasteiger partial charge in [0.1, 0.15) is 17.6 Å². The van der Waals surface area contributed by atoms with E-state index in [0.717, 1.165) is 10.8 Å². The van der Waals surface area contributed by atoms with Gasteiger partial charge in [-0.3, -0.25) is 14.3 Å². The number of nitrogens with one attached hydrogen (secondary N) is 1. The summed E-state index contributed by atoms with van der Waals surface area (Å²) in [5, 5.41) is 10.8. The van der Waals surface area contributed by atoms with Gasteiger partial charge < -0.3 is 18.9 Å². The Morgan fingerprint density at radius 1 is 1.08 bits per heavy atom. The van der Waals surface area contributed by atoms with E-state index >= 15 is 0 Å². The van der Waals surface area contributed by atoms with Crippen molar-refractivity contribution in [3.8, 4) is 11.5 Å². The van der Waals surface area contributed by atoms with Gasteiger partial charge in [0.2, 0.25) is 0 Å². The summed E-state index contributed by atoms with van der Waals surface area (Å²) in [6.07, 6.45) is -5.64. The Bertz CT molecular complexity index is 1360. The van der Waals surface area contributed by atoms with E-state index in [4.69, 9.17) is 37.0 Å². The maximum absolute atomic E-state index is 15.0. The van der Waals surface area contributed by atoms with E-state index in [2.05, 4.69) is 4.98 Å². The molecule has 0 radical (unpaired) electrons. The molecule has 0 bridgehead atoms. The van der Waals surface area contributed by atoms with Crippen LogP contribution < -0.4 is 20.3 Å². The molecule has 1 aromatic heterocycles. The number of benzene rings is 2. The van der Waals surface area contributed by atoms with E-state index in [1.165, 1.54) is 19.1 Å². The van der Waals surface area contributed by atoms with Gasteiger partial charge in [-0.2, -0.15) is 0 Å². The molecule has 1 saturated heterocycles. The quantitative estimate of drug-likeness (QED) is 0.391. The lowest BCUT2D eigenvalue weighted by Crippen LogP contribution is -2.36. The van der Waals surface area contributed by atoms with Crippen LogP contribution in [0.4, 0.5) is 4.39 Å². The minimum absolute atomic E-state index is 0.0963. The summed E-state index contributed by atoms with van der Waals surface area (Å²) in [4.78, 5) is 25.9. The van der Waals surface area contributed by atoms with Crippen LogP contribution in [-0.2, 0) is 9.30 Å². The van der Waals surface area contributed by atoms with Gasteiger partial charge in [0.25, 0.3) is 5.56 Å². The van der Waals surface area contributed by atoms with Crippen LogP contribution in [0, 0.1) is 6.92 Å². The number of nitrogens with zero attached hydrogens (tertiary/aromatic N) is 1. The molecule has 0 amide bonds. The summed E-state index contributed by atoms with van der Waals surface area (Å²) in [6, 6.07) is 12.7. The predicted octanol–water partition coefficient (Wildman–Crippen LogP) is 4.49. The van der Waals surface area contributed by atoms with Crippen LogP contribution in [0.3, 0.4) is 0 Å². The fraction of sp³-hybridized carbons (Fsp3) is 0.304. The molecule has 1 unspecified atom stereocenters. The van der Waals surface area contributed by atoms with Gasteiger partial charge in [0.15, 0.2) is 12.4 Å². The zero-order valence-corrected chi connectivity index (χ0v) is 21.3. The highest BCUT2D eigenvalue weighted by Crippen LogP contribution is 2.52. The standard InChI is InChI=1S/C23H22Cl2FN2O7P/c1-13-12-28(23(31)27-21(13)30)22-19(26)20(29)18(33-22)10-11-36(32,34-16-8-4-2-6-14(16)24)35-17-9-5-3-7-15(17)25/h2-9,12,18-20,22,29H,10-11H2,1H3,(H,27,30,31)/t18-,19-,20-,22?/m1/s1.